The van der Waals surface area contributed by atoms with Crippen molar-refractivity contribution in [2.75, 3.05) is 12.4 Å². The van der Waals surface area contributed by atoms with Crippen LogP contribution >= 0.6 is 35.0 Å². The first-order valence-electron chi connectivity index (χ1n) is 6.66. The van der Waals surface area contributed by atoms with Crippen molar-refractivity contribution >= 4 is 35.0 Å². The van der Waals surface area contributed by atoms with Crippen LogP contribution in [0.2, 0.25) is 0 Å². The monoisotopic (exact) mass is 344 g/mol. The highest BCUT2D eigenvalue weighted by atomic mass is 35.5. The highest BCUT2D eigenvalue weighted by molar-refractivity contribution is 7.99. The molecular weight excluding hydrogens is 331 g/mol. The van der Waals surface area contributed by atoms with Crippen LogP contribution in [0.15, 0.2) is 33.9 Å². The van der Waals surface area contributed by atoms with Crippen molar-refractivity contribution in [3.8, 4) is 17.2 Å². The number of ether oxygens (including phenoxy) is 1. The van der Waals surface area contributed by atoms with Gasteiger partial charge >= 0.3 is 0 Å². The number of thioether (sulfide) groups is 1. The largest absolute Gasteiger partial charge is 0.494 e. The van der Waals surface area contributed by atoms with Gasteiger partial charge in [-0.15, -0.1) is 33.4 Å². The van der Waals surface area contributed by atoms with Gasteiger partial charge in [-0.05, 0) is 37.6 Å². The number of hydrogen-bond donors (Lipinski definition) is 0. The first kappa shape index (κ1) is 15.0. The summed E-state index contributed by atoms with van der Waals surface area (Å²) in [6.07, 6.45) is 0.822. The van der Waals surface area contributed by atoms with Crippen molar-refractivity contribution in [1.29, 1.82) is 0 Å². The van der Waals surface area contributed by atoms with E-state index >= 15 is 0 Å². The summed E-state index contributed by atoms with van der Waals surface area (Å²) in [5.74, 6) is 2.41. The third-order valence-corrected chi connectivity index (χ3v) is 5.09. The Hall–Kier alpha value is -0.910. The number of hydrogen-bond acceptors (Lipinski definition) is 5. The lowest BCUT2D eigenvalue weighted by Gasteiger charge is -2.02. The summed E-state index contributed by atoms with van der Waals surface area (Å²) >= 11 is 13.5. The van der Waals surface area contributed by atoms with Crippen molar-refractivity contribution in [3.63, 3.8) is 0 Å². The van der Waals surface area contributed by atoms with Crippen LogP contribution in [0.5, 0.6) is 5.75 Å². The van der Waals surface area contributed by atoms with E-state index in [0.29, 0.717) is 23.6 Å². The fraction of sp³-hybridized carbons (Fsp3) is 0.429. The molecule has 0 saturated heterocycles. The molecule has 1 aromatic heterocycles. The van der Waals surface area contributed by atoms with Crippen LogP contribution in [0, 0.1) is 5.92 Å². The van der Waals surface area contributed by atoms with E-state index in [9.17, 15) is 0 Å². The van der Waals surface area contributed by atoms with Gasteiger partial charge in [0.1, 0.15) is 10.1 Å². The molecule has 1 saturated carbocycles. The molecule has 0 spiro atoms. The lowest BCUT2D eigenvalue weighted by atomic mass is 10.2. The normalized spacial score (nSPS) is 19.5. The number of halogens is 2. The second kappa shape index (κ2) is 6.07. The van der Waals surface area contributed by atoms with Crippen LogP contribution < -0.4 is 4.74 Å². The summed E-state index contributed by atoms with van der Waals surface area (Å²) in [5, 5.41) is 8.62. The fourth-order valence-corrected chi connectivity index (χ4v) is 3.56. The summed E-state index contributed by atoms with van der Waals surface area (Å²) in [7, 11) is 0. The average molecular weight is 345 g/mol. The third-order valence-electron chi connectivity index (χ3n) is 3.18. The molecule has 0 radical (unpaired) electrons. The van der Waals surface area contributed by atoms with Crippen LogP contribution in [-0.4, -0.2) is 26.9 Å². The van der Waals surface area contributed by atoms with Gasteiger partial charge in [0.25, 0.3) is 5.22 Å². The molecule has 1 unspecified atom stereocenters. The van der Waals surface area contributed by atoms with Crippen molar-refractivity contribution in [1.82, 2.24) is 10.2 Å². The highest BCUT2D eigenvalue weighted by Crippen LogP contribution is 2.54. The molecular formula is C14H14Cl2N2O2S. The second-order valence-electron chi connectivity index (χ2n) is 4.80. The second-order valence-corrected chi connectivity index (χ2v) is 7.32. The minimum Gasteiger partial charge on any atom is -0.494 e. The zero-order chi connectivity index (χ0) is 14.9. The van der Waals surface area contributed by atoms with Gasteiger partial charge in [0.05, 0.1) is 6.61 Å². The van der Waals surface area contributed by atoms with Gasteiger partial charge in [0, 0.05) is 17.2 Å². The molecule has 1 aromatic carbocycles. The van der Waals surface area contributed by atoms with Crippen LogP contribution in [-0.2, 0) is 0 Å². The Morgan fingerprint density at radius 3 is 2.67 bits per heavy atom. The van der Waals surface area contributed by atoms with Crippen LogP contribution in [0.4, 0.5) is 0 Å². The molecule has 2 aromatic rings. The number of alkyl halides is 2. The molecule has 4 nitrogen and oxygen atoms in total. The van der Waals surface area contributed by atoms with Crippen molar-refractivity contribution in [2.24, 2.45) is 5.92 Å². The molecule has 0 aliphatic heterocycles. The molecule has 0 N–H and O–H groups in total. The smallest absolute Gasteiger partial charge is 0.276 e. The van der Waals surface area contributed by atoms with Gasteiger partial charge in [0.15, 0.2) is 0 Å². The molecule has 1 atom stereocenters. The van der Waals surface area contributed by atoms with Crippen molar-refractivity contribution < 1.29 is 9.15 Å². The minimum absolute atomic E-state index is 0.298. The molecule has 112 valence electrons. The first-order chi connectivity index (χ1) is 10.1. The standard InChI is InChI=1S/C14H14Cl2N2O2S/c1-2-19-11-5-3-9(4-6-11)12-17-18-13(20-12)21-8-10-7-14(10,15)16/h3-6,10H,2,7-8H2,1H3. The highest BCUT2D eigenvalue weighted by Gasteiger charge is 2.51. The zero-order valence-electron chi connectivity index (χ0n) is 11.4. The first-order valence-corrected chi connectivity index (χ1v) is 8.40. The zero-order valence-corrected chi connectivity index (χ0v) is 13.7. The molecule has 1 aliphatic rings. The molecule has 21 heavy (non-hydrogen) atoms. The maximum Gasteiger partial charge on any atom is 0.276 e. The summed E-state index contributed by atoms with van der Waals surface area (Å²) in [6.45, 7) is 2.59. The Morgan fingerprint density at radius 1 is 1.33 bits per heavy atom. The van der Waals surface area contributed by atoms with Gasteiger partial charge in [-0.2, -0.15) is 0 Å². The van der Waals surface area contributed by atoms with Gasteiger partial charge < -0.3 is 9.15 Å². The van der Waals surface area contributed by atoms with Crippen LogP contribution in [0.1, 0.15) is 13.3 Å². The van der Waals surface area contributed by atoms with Gasteiger partial charge in [-0.1, -0.05) is 11.8 Å². The molecule has 1 fully saturated rings. The Kier molecular flexibility index (Phi) is 4.33. The Balaban J connectivity index is 1.61. The summed E-state index contributed by atoms with van der Waals surface area (Å²) in [4.78, 5) is 0. The number of nitrogens with zero attached hydrogens (tertiary/aromatic N) is 2. The molecule has 1 aliphatic carbocycles. The Bertz CT molecular complexity index is 616. The third kappa shape index (κ3) is 3.65. The van der Waals surface area contributed by atoms with E-state index in [2.05, 4.69) is 10.2 Å². The number of aromatic nitrogens is 2. The average Bonchev–Trinajstić information content (AvgIpc) is 2.88. The molecule has 0 bridgehead atoms. The van der Waals surface area contributed by atoms with E-state index in [-0.39, 0.29) is 0 Å². The van der Waals surface area contributed by atoms with Gasteiger partial charge in [-0.3, -0.25) is 0 Å². The summed E-state index contributed by atoms with van der Waals surface area (Å²) in [5.41, 5.74) is 0.869. The lowest BCUT2D eigenvalue weighted by Crippen LogP contribution is -1.92. The maximum atomic E-state index is 5.99. The predicted molar refractivity (Wildman–Crippen MR) is 84.2 cm³/mol. The molecule has 7 heteroatoms. The number of benzene rings is 1. The van der Waals surface area contributed by atoms with Gasteiger partial charge in [-0.25, -0.2) is 0 Å². The minimum atomic E-state index is -0.565. The van der Waals surface area contributed by atoms with E-state index in [1.807, 2.05) is 31.2 Å². The maximum absolute atomic E-state index is 5.99. The molecule has 3 rings (SSSR count). The SMILES string of the molecule is CCOc1ccc(-c2nnc(SCC3CC3(Cl)Cl)o2)cc1. The fourth-order valence-electron chi connectivity index (χ4n) is 1.87. The van der Waals surface area contributed by atoms with Gasteiger partial charge in [0.2, 0.25) is 5.89 Å². The summed E-state index contributed by atoms with van der Waals surface area (Å²) in [6, 6.07) is 7.57. The number of rotatable bonds is 6. The van der Waals surface area contributed by atoms with E-state index in [4.69, 9.17) is 32.4 Å². The van der Waals surface area contributed by atoms with Crippen molar-refractivity contribution in [3.05, 3.63) is 24.3 Å². The predicted octanol–water partition coefficient (Wildman–Crippen LogP) is 4.42. The van der Waals surface area contributed by atoms with E-state index in [1.54, 1.807) is 0 Å². The van der Waals surface area contributed by atoms with E-state index < -0.39 is 4.33 Å². The van der Waals surface area contributed by atoms with Crippen LogP contribution in [0.25, 0.3) is 11.5 Å². The Morgan fingerprint density at radius 2 is 2.05 bits per heavy atom. The topological polar surface area (TPSA) is 48.2 Å². The lowest BCUT2D eigenvalue weighted by molar-refractivity contribution is 0.340. The molecule has 0 amide bonds. The Labute approximate surface area is 137 Å². The van der Waals surface area contributed by atoms with Crippen LogP contribution in [0.3, 0.4) is 0 Å². The van der Waals surface area contributed by atoms with E-state index in [0.717, 1.165) is 23.5 Å². The quantitative estimate of drug-likeness (QED) is 0.573. The van der Waals surface area contributed by atoms with E-state index in [1.165, 1.54) is 11.8 Å². The summed E-state index contributed by atoms with van der Waals surface area (Å²) < 4.78 is 10.5. The van der Waals surface area contributed by atoms with Crippen molar-refractivity contribution in [2.45, 2.75) is 22.9 Å². The molecule has 1 heterocycles.